The lowest BCUT2D eigenvalue weighted by Crippen LogP contribution is -2.49. The third-order valence-electron chi connectivity index (χ3n) is 5.95. The number of thiocarbonyl (C=S) groups is 1. The van der Waals surface area contributed by atoms with Crippen LogP contribution in [-0.4, -0.2) is 34.0 Å². The molecule has 4 rings (SSSR count). The van der Waals surface area contributed by atoms with Crippen LogP contribution in [-0.2, 0) is 24.2 Å². The van der Waals surface area contributed by atoms with E-state index >= 15 is 0 Å². The van der Waals surface area contributed by atoms with Crippen molar-refractivity contribution in [3.05, 3.63) is 77.0 Å². The highest BCUT2D eigenvalue weighted by molar-refractivity contribution is 7.80. The molecular formula is C25H23F3N2O3S. The van der Waals surface area contributed by atoms with Gasteiger partial charge in [0.25, 0.3) is 5.91 Å². The molecule has 2 heterocycles. The van der Waals surface area contributed by atoms with Crippen molar-refractivity contribution in [3.8, 4) is 5.75 Å². The van der Waals surface area contributed by atoms with Crippen LogP contribution in [0.2, 0.25) is 0 Å². The van der Waals surface area contributed by atoms with Crippen LogP contribution in [0.4, 0.5) is 13.2 Å². The third kappa shape index (κ3) is 5.64. The molecule has 0 aliphatic carbocycles. The maximum atomic E-state index is 12.8. The van der Waals surface area contributed by atoms with Crippen molar-refractivity contribution in [2.75, 3.05) is 0 Å². The van der Waals surface area contributed by atoms with Gasteiger partial charge < -0.3 is 15.0 Å². The molecule has 0 aromatic heterocycles. The first kappa shape index (κ1) is 23.9. The number of hydrogen-bond donors (Lipinski definition) is 1. The van der Waals surface area contributed by atoms with Gasteiger partial charge in [-0.1, -0.05) is 43.1 Å². The Hall–Kier alpha value is -3.20. The van der Waals surface area contributed by atoms with E-state index in [0.717, 1.165) is 21.6 Å². The number of halogens is 3. The first-order valence-electron chi connectivity index (χ1n) is 10.9. The molecule has 1 unspecified atom stereocenters. The molecule has 0 saturated carbocycles. The molecule has 178 valence electrons. The van der Waals surface area contributed by atoms with Gasteiger partial charge in [0.15, 0.2) is 0 Å². The molecule has 9 heteroatoms. The molecule has 2 aromatic carbocycles. The van der Waals surface area contributed by atoms with Gasteiger partial charge >= 0.3 is 6.36 Å². The Balaban J connectivity index is 1.32. The molecule has 5 nitrogen and oxygen atoms in total. The second-order valence-electron chi connectivity index (χ2n) is 8.48. The van der Waals surface area contributed by atoms with E-state index in [2.05, 4.69) is 16.6 Å². The zero-order valence-corrected chi connectivity index (χ0v) is 19.1. The number of benzene rings is 2. The Kier molecular flexibility index (Phi) is 6.74. The number of nitrogens with zero attached hydrogens (tertiary/aromatic N) is 1. The fourth-order valence-electron chi connectivity index (χ4n) is 4.27. The van der Waals surface area contributed by atoms with Crippen LogP contribution < -0.4 is 10.1 Å². The smallest absolute Gasteiger partial charge is 0.406 e. The SMILES string of the molecule is C=C1CCC(N2Cc3cc(CCC(=S)Cc4ccc(OC(F)(F)F)cc4)ccc3C2=O)C(=O)N1. The maximum Gasteiger partial charge on any atom is 0.573 e. The number of allylic oxidation sites excluding steroid dienone is 1. The number of alkyl halides is 3. The zero-order valence-electron chi connectivity index (χ0n) is 18.3. The Morgan fingerprint density at radius 1 is 1.15 bits per heavy atom. The monoisotopic (exact) mass is 488 g/mol. The van der Waals surface area contributed by atoms with Crippen LogP contribution in [0.5, 0.6) is 5.75 Å². The molecule has 2 amide bonds. The van der Waals surface area contributed by atoms with Crippen LogP contribution in [0.3, 0.4) is 0 Å². The van der Waals surface area contributed by atoms with Gasteiger partial charge in [0.05, 0.1) is 0 Å². The molecule has 2 aliphatic heterocycles. The summed E-state index contributed by atoms with van der Waals surface area (Å²) < 4.78 is 40.7. The summed E-state index contributed by atoms with van der Waals surface area (Å²) in [5.41, 5.74) is 4.03. The second-order valence-corrected chi connectivity index (χ2v) is 9.06. The molecule has 34 heavy (non-hydrogen) atoms. The van der Waals surface area contributed by atoms with E-state index in [1.165, 1.54) is 12.1 Å². The predicted molar refractivity (Wildman–Crippen MR) is 124 cm³/mol. The average molecular weight is 489 g/mol. The number of fused-ring (bicyclic) bond motifs is 1. The van der Waals surface area contributed by atoms with Gasteiger partial charge in [-0.25, -0.2) is 0 Å². The Labute approximate surface area is 200 Å². The predicted octanol–water partition coefficient (Wildman–Crippen LogP) is 4.88. The van der Waals surface area contributed by atoms with E-state index in [0.29, 0.717) is 49.9 Å². The van der Waals surface area contributed by atoms with Gasteiger partial charge in [0.2, 0.25) is 5.91 Å². The van der Waals surface area contributed by atoms with Crippen molar-refractivity contribution in [3.63, 3.8) is 0 Å². The number of aryl methyl sites for hydroxylation is 1. The van der Waals surface area contributed by atoms with Crippen LogP contribution in [0.1, 0.15) is 46.3 Å². The second kappa shape index (κ2) is 9.58. The van der Waals surface area contributed by atoms with Gasteiger partial charge in [-0.05, 0) is 65.4 Å². The molecular weight excluding hydrogens is 465 g/mol. The molecule has 1 fully saturated rings. The minimum atomic E-state index is -4.72. The third-order valence-corrected chi connectivity index (χ3v) is 6.30. The normalized spacial score (nSPS) is 18.0. The highest BCUT2D eigenvalue weighted by Gasteiger charge is 2.38. The summed E-state index contributed by atoms with van der Waals surface area (Å²) >= 11 is 5.48. The van der Waals surface area contributed by atoms with Crippen LogP contribution in [0, 0.1) is 0 Å². The average Bonchev–Trinajstić information content (AvgIpc) is 3.08. The summed E-state index contributed by atoms with van der Waals surface area (Å²) in [6.45, 7) is 4.17. The lowest BCUT2D eigenvalue weighted by atomic mass is 10.0. The Morgan fingerprint density at radius 3 is 2.53 bits per heavy atom. The first-order valence-corrected chi connectivity index (χ1v) is 11.3. The summed E-state index contributed by atoms with van der Waals surface area (Å²) in [7, 11) is 0. The molecule has 1 atom stereocenters. The lowest BCUT2D eigenvalue weighted by molar-refractivity contribution is -0.274. The van der Waals surface area contributed by atoms with Crippen LogP contribution in [0.15, 0.2) is 54.7 Å². The number of carbonyl (C=O) groups is 2. The number of rotatable bonds is 7. The first-order chi connectivity index (χ1) is 16.1. The van der Waals surface area contributed by atoms with Crippen molar-refractivity contribution in [2.45, 2.75) is 51.1 Å². The summed E-state index contributed by atoms with van der Waals surface area (Å²) in [6.07, 6.45) is -1.72. The molecule has 2 aliphatic rings. The topological polar surface area (TPSA) is 58.6 Å². The van der Waals surface area contributed by atoms with Gasteiger partial charge in [0, 0.05) is 24.2 Å². The van der Waals surface area contributed by atoms with E-state index in [1.807, 2.05) is 12.1 Å². The van der Waals surface area contributed by atoms with Crippen LogP contribution >= 0.6 is 12.2 Å². The highest BCUT2D eigenvalue weighted by atomic mass is 32.1. The van der Waals surface area contributed by atoms with E-state index in [1.54, 1.807) is 23.1 Å². The molecule has 1 N–H and O–H groups in total. The summed E-state index contributed by atoms with van der Waals surface area (Å²) in [4.78, 5) is 27.6. The van der Waals surface area contributed by atoms with E-state index < -0.39 is 12.4 Å². The van der Waals surface area contributed by atoms with Crippen molar-refractivity contribution >= 4 is 28.9 Å². The fraction of sp³-hybridized carbons (Fsp3) is 0.320. The van der Waals surface area contributed by atoms with Crippen molar-refractivity contribution in [1.82, 2.24) is 10.2 Å². The Morgan fingerprint density at radius 2 is 1.85 bits per heavy atom. The maximum absolute atomic E-state index is 12.8. The fourth-order valence-corrected chi connectivity index (χ4v) is 4.54. The number of piperidine rings is 1. The molecule has 2 aromatic rings. The number of carbonyl (C=O) groups excluding carboxylic acids is 2. The molecule has 0 spiro atoms. The quantitative estimate of drug-likeness (QED) is 0.565. The molecule has 0 radical (unpaired) electrons. The number of hydrogen-bond acceptors (Lipinski definition) is 4. The minimum absolute atomic E-state index is 0.136. The summed E-state index contributed by atoms with van der Waals surface area (Å²) in [6, 6.07) is 10.9. The van der Waals surface area contributed by atoms with E-state index in [4.69, 9.17) is 12.2 Å². The number of ether oxygens (including phenoxy) is 1. The summed E-state index contributed by atoms with van der Waals surface area (Å²) in [5, 5.41) is 2.73. The largest absolute Gasteiger partial charge is 0.573 e. The van der Waals surface area contributed by atoms with E-state index in [9.17, 15) is 22.8 Å². The van der Waals surface area contributed by atoms with Crippen molar-refractivity contribution in [1.29, 1.82) is 0 Å². The standard InChI is InChI=1S/C25H23F3N2O3S/c1-15-2-11-22(23(31)29-15)30-14-18-12-16(6-10-21(18)24(30)32)5-9-20(34)13-17-3-7-19(8-4-17)33-25(26,27)28/h3-4,6-8,10,12,22H,1-2,5,9,11,13-14H2,(H,29,31). The van der Waals surface area contributed by atoms with Gasteiger partial charge in [-0.15, -0.1) is 13.2 Å². The molecule has 1 saturated heterocycles. The number of amides is 2. The van der Waals surface area contributed by atoms with Gasteiger partial charge in [-0.3, -0.25) is 9.59 Å². The van der Waals surface area contributed by atoms with Crippen molar-refractivity contribution in [2.24, 2.45) is 0 Å². The molecule has 0 bridgehead atoms. The number of nitrogens with one attached hydrogen (secondary N) is 1. The van der Waals surface area contributed by atoms with Crippen molar-refractivity contribution < 1.29 is 27.5 Å². The summed E-state index contributed by atoms with van der Waals surface area (Å²) in [5.74, 6) is -0.594. The highest BCUT2D eigenvalue weighted by Crippen LogP contribution is 2.29. The van der Waals surface area contributed by atoms with Gasteiger partial charge in [0.1, 0.15) is 11.8 Å². The lowest BCUT2D eigenvalue weighted by Gasteiger charge is -2.30. The van der Waals surface area contributed by atoms with E-state index in [-0.39, 0.29) is 17.6 Å². The van der Waals surface area contributed by atoms with Gasteiger partial charge in [-0.2, -0.15) is 0 Å². The minimum Gasteiger partial charge on any atom is -0.406 e. The zero-order chi connectivity index (χ0) is 24.5. The Bertz CT molecular complexity index is 1150. The van der Waals surface area contributed by atoms with Crippen LogP contribution in [0.25, 0.3) is 0 Å².